The number of carboxylic acids is 1. The molecule has 2 aromatic rings. The number of carboxylic acid groups (broad SMARTS) is 1. The van der Waals surface area contributed by atoms with Crippen LogP contribution in [0, 0.1) is 6.92 Å². The van der Waals surface area contributed by atoms with E-state index in [1.54, 1.807) is 25.1 Å². The number of halogens is 1. The van der Waals surface area contributed by atoms with Gasteiger partial charge in [-0.15, -0.1) is 0 Å². The van der Waals surface area contributed by atoms with Crippen LogP contribution in [0.3, 0.4) is 0 Å². The van der Waals surface area contributed by atoms with Gasteiger partial charge in [0.05, 0.1) is 16.1 Å². The summed E-state index contributed by atoms with van der Waals surface area (Å²) in [4.78, 5) is 11.3. The first-order valence-corrected chi connectivity index (χ1v) is 8.20. The summed E-state index contributed by atoms with van der Waals surface area (Å²) in [5.74, 6) is -1.20. The fourth-order valence-corrected chi connectivity index (χ4v) is 3.52. The summed E-state index contributed by atoms with van der Waals surface area (Å²) in [5, 5.41) is 9.13. The molecule has 2 rings (SSSR count). The lowest BCUT2D eigenvalue weighted by atomic mass is 10.2. The molecule has 0 saturated carbocycles. The molecule has 0 saturated heterocycles. The number of rotatable bonds is 4. The lowest BCUT2D eigenvalue weighted by Crippen LogP contribution is -2.16. The van der Waals surface area contributed by atoms with Gasteiger partial charge in [0.1, 0.15) is 0 Å². The van der Waals surface area contributed by atoms with Crippen LogP contribution < -0.4 is 4.72 Å². The van der Waals surface area contributed by atoms with Crippen molar-refractivity contribution in [2.45, 2.75) is 11.8 Å². The van der Waals surface area contributed by atoms with Gasteiger partial charge >= 0.3 is 5.97 Å². The van der Waals surface area contributed by atoms with Crippen molar-refractivity contribution in [2.24, 2.45) is 0 Å². The van der Waals surface area contributed by atoms with Gasteiger partial charge in [-0.05, 0) is 36.8 Å². The van der Waals surface area contributed by atoms with E-state index >= 15 is 0 Å². The molecular formula is C14H12BrNO4S. The third-order valence-corrected chi connectivity index (χ3v) is 4.86. The van der Waals surface area contributed by atoms with E-state index in [1.165, 1.54) is 24.3 Å². The van der Waals surface area contributed by atoms with Gasteiger partial charge in [-0.25, -0.2) is 13.2 Å². The second-order valence-electron chi connectivity index (χ2n) is 4.37. The van der Waals surface area contributed by atoms with Crippen molar-refractivity contribution in [3.63, 3.8) is 0 Å². The molecule has 0 spiro atoms. The number of nitrogens with one attached hydrogen (secondary N) is 1. The Labute approximate surface area is 130 Å². The molecule has 0 aliphatic carbocycles. The maximum atomic E-state index is 12.4. The highest BCUT2D eigenvalue weighted by atomic mass is 79.9. The molecule has 110 valence electrons. The summed E-state index contributed by atoms with van der Waals surface area (Å²) in [5.41, 5.74) is 0.479. The van der Waals surface area contributed by atoms with Crippen LogP contribution >= 0.6 is 15.9 Å². The van der Waals surface area contributed by atoms with E-state index in [0.29, 0.717) is 10.0 Å². The predicted octanol–water partition coefficient (Wildman–Crippen LogP) is 3.26. The summed E-state index contributed by atoms with van der Waals surface area (Å²) in [7, 11) is -3.85. The van der Waals surface area contributed by atoms with Crippen LogP contribution in [0.2, 0.25) is 0 Å². The average molecular weight is 370 g/mol. The number of aromatic carboxylic acids is 1. The van der Waals surface area contributed by atoms with Gasteiger partial charge in [-0.2, -0.15) is 0 Å². The van der Waals surface area contributed by atoms with Crippen LogP contribution in [0.1, 0.15) is 15.9 Å². The number of aryl methyl sites for hydroxylation is 1. The van der Waals surface area contributed by atoms with E-state index in [9.17, 15) is 13.2 Å². The van der Waals surface area contributed by atoms with Gasteiger partial charge in [0.25, 0.3) is 10.0 Å². The zero-order valence-electron chi connectivity index (χ0n) is 11.0. The predicted molar refractivity (Wildman–Crippen MR) is 83.1 cm³/mol. The Bertz CT molecular complexity index is 802. The summed E-state index contributed by atoms with van der Waals surface area (Å²) < 4.78 is 27.7. The Kier molecular flexibility index (Phi) is 4.34. The summed E-state index contributed by atoms with van der Waals surface area (Å²) in [6.07, 6.45) is 0. The highest BCUT2D eigenvalue weighted by molar-refractivity contribution is 9.10. The summed E-state index contributed by atoms with van der Waals surface area (Å²) >= 11 is 3.20. The lowest BCUT2D eigenvalue weighted by Gasteiger charge is -2.12. The Morgan fingerprint density at radius 1 is 1.19 bits per heavy atom. The molecule has 0 unspecified atom stereocenters. The van der Waals surface area contributed by atoms with Gasteiger partial charge in [-0.1, -0.05) is 34.1 Å². The minimum atomic E-state index is -3.85. The lowest BCUT2D eigenvalue weighted by molar-refractivity contribution is 0.0698. The van der Waals surface area contributed by atoms with Crippen molar-refractivity contribution in [1.29, 1.82) is 0 Å². The molecule has 0 aromatic heterocycles. The largest absolute Gasteiger partial charge is 0.478 e. The number of hydrogen-bond donors (Lipinski definition) is 2. The van der Waals surface area contributed by atoms with Gasteiger partial charge in [0.15, 0.2) is 0 Å². The van der Waals surface area contributed by atoms with Gasteiger partial charge in [0.2, 0.25) is 0 Å². The van der Waals surface area contributed by atoms with E-state index in [4.69, 9.17) is 5.11 Å². The fourth-order valence-electron chi connectivity index (χ4n) is 1.85. The average Bonchev–Trinajstić information content (AvgIpc) is 2.38. The van der Waals surface area contributed by atoms with Crippen LogP contribution in [0.25, 0.3) is 0 Å². The van der Waals surface area contributed by atoms with E-state index in [0.717, 1.165) is 0 Å². The first kappa shape index (κ1) is 15.5. The second kappa shape index (κ2) is 5.87. The molecule has 21 heavy (non-hydrogen) atoms. The van der Waals surface area contributed by atoms with Gasteiger partial charge in [0, 0.05) is 4.47 Å². The number of hydrogen-bond acceptors (Lipinski definition) is 3. The summed E-state index contributed by atoms with van der Waals surface area (Å²) in [6.45, 7) is 1.67. The number of benzene rings is 2. The quantitative estimate of drug-likeness (QED) is 0.866. The molecule has 0 heterocycles. The van der Waals surface area contributed by atoms with Crippen molar-refractivity contribution in [3.05, 3.63) is 58.1 Å². The standard InChI is InChI=1S/C14H12BrNO4S/c1-9-4-2-3-5-13(9)21(19,20)16-12-8-10(15)6-7-11(12)14(17)18/h2-8,16H,1H3,(H,17,18). The molecule has 0 fully saturated rings. The Morgan fingerprint density at radius 3 is 2.48 bits per heavy atom. The first-order chi connectivity index (χ1) is 9.81. The number of sulfonamides is 1. The Morgan fingerprint density at radius 2 is 1.86 bits per heavy atom. The van der Waals surface area contributed by atoms with Crippen LogP contribution in [0.5, 0.6) is 0 Å². The molecule has 0 aliphatic rings. The zero-order valence-corrected chi connectivity index (χ0v) is 13.4. The monoisotopic (exact) mass is 369 g/mol. The molecule has 0 aliphatic heterocycles. The van der Waals surface area contributed by atoms with E-state index in [2.05, 4.69) is 20.7 Å². The first-order valence-electron chi connectivity index (χ1n) is 5.92. The molecule has 0 amide bonds. The third kappa shape index (κ3) is 3.43. The van der Waals surface area contributed by atoms with Crippen molar-refractivity contribution in [1.82, 2.24) is 0 Å². The topological polar surface area (TPSA) is 83.5 Å². The molecule has 0 atom stereocenters. The molecule has 0 bridgehead atoms. The molecular weight excluding hydrogens is 358 g/mol. The molecule has 2 aromatic carbocycles. The van der Waals surface area contributed by atoms with Crippen LogP contribution in [0.15, 0.2) is 51.8 Å². The van der Waals surface area contributed by atoms with Gasteiger partial charge < -0.3 is 5.11 Å². The number of anilines is 1. The fraction of sp³-hybridized carbons (Fsp3) is 0.0714. The molecule has 2 N–H and O–H groups in total. The number of carbonyl (C=O) groups is 1. The normalized spacial score (nSPS) is 11.1. The van der Waals surface area contributed by atoms with Gasteiger partial charge in [-0.3, -0.25) is 4.72 Å². The van der Waals surface area contributed by atoms with Crippen molar-refractivity contribution in [3.8, 4) is 0 Å². The highest BCUT2D eigenvalue weighted by Gasteiger charge is 2.20. The highest BCUT2D eigenvalue weighted by Crippen LogP contribution is 2.25. The SMILES string of the molecule is Cc1ccccc1S(=O)(=O)Nc1cc(Br)ccc1C(=O)O. The van der Waals surface area contributed by atoms with Crippen LogP contribution in [-0.2, 0) is 10.0 Å². The summed E-state index contributed by atoms with van der Waals surface area (Å²) in [6, 6.07) is 10.8. The van der Waals surface area contributed by atoms with E-state index < -0.39 is 16.0 Å². The Hall–Kier alpha value is -1.86. The van der Waals surface area contributed by atoms with E-state index in [-0.39, 0.29) is 16.1 Å². The second-order valence-corrected chi connectivity index (χ2v) is 6.93. The molecule has 5 nitrogen and oxygen atoms in total. The minimum Gasteiger partial charge on any atom is -0.478 e. The van der Waals surface area contributed by atoms with Crippen LogP contribution in [-0.4, -0.2) is 19.5 Å². The maximum absolute atomic E-state index is 12.4. The smallest absolute Gasteiger partial charge is 0.337 e. The maximum Gasteiger partial charge on any atom is 0.337 e. The molecule has 0 radical (unpaired) electrons. The third-order valence-electron chi connectivity index (χ3n) is 2.84. The molecule has 7 heteroatoms. The Balaban J connectivity index is 2.49. The van der Waals surface area contributed by atoms with Crippen molar-refractivity contribution >= 4 is 37.6 Å². The minimum absolute atomic E-state index is 0.0140. The van der Waals surface area contributed by atoms with Crippen molar-refractivity contribution in [2.75, 3.05) is 4.72 Å². The van der Waals surface area contributed by atoms with Crippen LogP contribution in [0.4, 0.5) is 5.69 Å². The van der Waals surface area contributed by atoms with Crippen molar-refractivity contribution < 1.29 is 18.3 Å². The van der Waals surface area contributed by atoms with E-state index in [1.807, 2.05) is 0 Å². The zero-order chi connectivity index (χ0) is 15.6.